The summed E-state index contributed by atoms with van der Waals surface area (Å²) in [5, 5.41) is 0.987. The summed E-state index contributed by atoms with van der Waals surface area (Å²) in [7, 11) is 0. The molecule has 21 heavy (non-hydrogen) atoms. The minimum absolute atomic E-state index is 0.592. The van der Waals surface area contributed by atoms with E-state index in [4.69, 9.17) is 5.73 Å². The topological polar surface area (TPSA) is 51.8 Å². The van der Waals surface area contributed by atoms with Gasteiger partial charge in [-0.3, -0.25) is 0 Å². The summed E-state index contributed by atoms with van der Waals surface area (Å²) in [6, 6.07) is 8.59. The highest BCUT2D eigenvalue weighted by Crippen LogP contribution is 2.28. The number of hydrogen-bond donors (Lipinski definition) is 1. The van der Waals surface area contributed by atoms with Crippen LogP contribution in [-0.2, 0) is 12.8 Å². The molecule has 108 valence electrons. The molecule has 0 saturated carbocycles. The van der Waals surface area contributed by atoms with Gasteiger partial charge in [-0.25, -0.2) is 9.97 Å². The Labute approximate surface area is 128 Å². The molecule has 2 N–H and O–H groups in total. The van der Waals surface area contributed by atoms with Gasteiger partial charge in [-0.2, -0.15) is 0 Å². The summed E-state index contributed by atoms with van der Waals surface area (Å²) in [6.07, 6.45) is 1.73. The van der Waals surface area contributed by atoms with Gasteiger partial charge < -0.3 is 5.73 Å². The molecule has 0 amide bonds. The third-order valence-corrected chi connectivity index (χ3v) is 4.97. The molecule has 0 aliphatic rings. The number of fused-ring (bicyclic) bond motifs is 1. The van der Waals surface area contributed by atoms with E-state index in [9.17, 15) is 0 Å². The highest BCUT2D eigenvalue weighted by Gasteiger charge is 2.10. The van der Waals surface area contributed by atoms with Gasteiger partial charge in [-0.05, 0) is 43.0 Å². The molecule has 4 heteroatoms. The predicted molar refractivity (Wildman–Crippen MR) is 89.9 cm³/mol. The Morgan fingerprint density at radius 1 is 1.10 bits per heavy atom. The molecule has 3 aromatic rings. The molecule has 1 aromatic carbocycles. The lowest BCUT2D eigenvalue weighted by molar-refractivity contribution is 0.998. The minimum atomic E-state index is 0.592. The fourth-order valence-electron chi connectivity index (χ4n) is 2.39. The van der Waals surface area contributed by atoms with E-state index in [-0.39, 0.29) is 0 Å². The van der Waals surface area contributed by atoms with Crippen molar-refractivity contribution in [3.8, 4) is 0 Å². The Kier molecular flexibility index (Phi) is 3.64. The van der Waals surface area contributed by atoms with Crippen LogP contribution in [0.25, 0.3) is 10.2 Å². The molecule has 2 aromatic heterocycles. The van der Waals surface area contributed by atoms with Crippen molar-refractivity contribution in [3.05, 3.63) is 51.7 Å². The quantitative estimate of drug-likeness (QED) is 0.793. The lowest BCUT2D eigenvalue weighted by Crippen LogP contribution is -2.01. The molecule has 2 heterocycles. The number of thiophene rings is 1. The average Bonchev–Trinajstić information content (AvgIpc) is 2.87. The Bertz CT molecular complexity index is 805. The van der Waals surface area contributed by atoms with Crippen molar-refractivity contribution in [2.24, 2.45) is 0 Å². The van der Waals surface area contributed by atoms with Gasteiger partial charge >= 0.3 is 0 Å². The maximum absolute atomic E-state index is 6.09. The SMILES string of the molecule is CCc1cc2c(N)nc(Cc3ccc(C)c(C)c3)nc2s1. The molecule has 0 fully saturated rings. The van der Waals surface area contributed by atoms with Crippen LogP contribution in [0.15, 0.2) is 24.3 Å². The van der Waals surface area contributed by atoms with E-state index in [0.717, 1.165) is 28.9 Å². The summed E-state index contributed by atoms with van der Waals surface area (Å²) in [5.74, 6) is 1.39. The van der Waals surface area contributed by atoms with Gasteiger partial charge in [0.1, 0.15) is 16.5 Å². The summed E-state index contributed by atoms with van der Waals surface area (Å²) in [4.78, 5) is 11.4. The number of aryl methyl sites for hydroxylation is 3. The number of hydrogen-bond acceptors (Lipinski definition) is 4. The Morgan fingerprint density at radius 3 is 2.62 bits per heavy atom. The van der Waals surface area contributed by atoms with Crippen LogP contribution in [-0.4, -0.2) is 9.97 Å². The van der Waals surface area contributed by atoms with Crippen LogP contribution in [0.5, 0.6) is 0 Å². The monoisotopic (exact) mass is 297 g/mol. The molecule has 0 aliphatic carbocycles. The molecular weight excluding hydrogens is 278 g/mol. The first-order valence-corrected chi connectivity index (χ1v) is 7.99. The zero-order valence-corrected chi connectivity index (χ0v) is 13.4. The molecule has 0 saturated heterocycles. The normalized spacial score (nSPS) is 11.2. The fraction of sp³-hybridized carbons (Fsp3) is 0.294. The van der Waals surface area contributed by atoms with Gasteiger partial charge in [-0.15, -0.1) is 11.3 Å². The number of aromatic nitrogens is 2. The molecule has 3 nitrogen and oxygen atoms in total. The molecular formula is C17H19N3S. The first-order chi connectivity index (χ1) is 10.1. The van der Waals surface area contributed by atoms with E-state index in [0.29, 0.717) is 5.82 Å². The molecule has 0 spiro atoms. The van der Waals surface area contributed by atoms with E-state index in [1.807, 2.05) is 0 Å². The van der Waals surface area contributed by atoms with Gasteiger partial charge in [0.2, 0.25) is 0 Å². The van der Waals surface area contributed by atoms with Crippen LogP contribution in [0.2, 0.25) is 0 Å². The first-order valence-electron chi connectivity index (χ1n) is 7.17. The predicted octanol–water partition coefficient (Wildman–Crippen LogP) is 4.04. The fourth-order valence-corrected chi connectivity index (χ4v) is 3.38. The van der Waals surface area contributed by atoms with Gasteiger partial charge in [-0.1, -0.05) is 25.1 Å². The van der Waals surface area contributed by atoms with Gasteiger partial charge in [0.05, 0.1) is 5.39 Å². The van der Waals surface area contributed by atoms with Gasteiger partial charge in [0, 0.05) is 11.3 Å². The highest BCUT2D eigenvalue weighted by atomic mass is 32.1. The zero-order valence-electron chi connectivity index (χ0n) is 12.6. The van der Waals surface area contributed by atoms with Crippen LogP contribution in [0.3, 0.4) is 0 Å². The van der Waals surface area contributed by atoms with E-state index in [1.165, 1.54) is 21.6 Å². The van der Waals surface area contributed by atoms with Crippen LogP contribution < -0.4 is 5.73 Å². The Hall–Kier alpha value is -1.94. The number of nitrogens with zero attached hydrogens (tertiary/aromatic N) is 2. The third-order valence-electron chi connectivity index (χ3n) is 3.80. The van der Waals surface area contributed by atoms with E-state index >= 15 is 0 Å². The third kappa shape index (κ3) is 2.76. The smallest absolute Gasteiger partial charge is 0.136 e. The Morgan fingerprint density at radius 2 is 1.90 bits per heavy atom. The van der Waals surface area contributed by atoms with Crippen LogP contribution in [0.1, 0.15) is 34.3 Å². The van der Waals surface area contributed by atoms with Crippen molar-refractivity contribution >= 4 is 27.4 Å². The van der Waals surface area contributed by atoms with Crippen molar-refractivity contribution in [2.45, 2.75) is 33.6 Å². The second kappa shape index (κ2) is 5.45. The van der Waals surface area contributed by atoms with Gasteiger partial charge in [0.15, 0.2) is 0 Å². The maximum atomic E-state index is 6.09. The van der Waals surface area contributed by atoms with Gasteiger partial charge in [0.25, 0.3) is 0 Å². The van der Waals surface area contributed by atoms with Crippen molar-refractivity contribution in [3.63, 3.8) is 0 Å². The van der Waals surface area contributed by atoms with Crippen molar-refractivity contribution < 1.29 is 0 Å². The Balaban J connectivity index is 1.98. The van der Waals surface area contributed by atoms with E-state index < -0.39 is 0 Å². The van der Waals surface area contributed by atoms with Crippen LogP contribution in [0, 0.1) is 13.8 Å². The summed E-state index contributed by atoms with van der Waals surface area (Å²) >= 11 is 1.71. The summed E-state index contributed by atoms with van der Waals surface area (Å²) < 4.78 is 0. The molecule has 0 bridgehead atoms. The molecule has 0 atom stereocenters. The standard InChI is InChI=1S/C17H19N3S/c1-4-13-9-14-16(18)19-15(20-17(14)21-13)8-12-6-5-10(2)11(3)7-12/h5-7,9H,4,8H2,1-3H3,(H2,18,19,20). The second-order valence-corrected chi connectivity index (χ2v) is 6.52. The molecule has 0 radical (unpaired) electrons. The lowest BCUT2D eigenvalue weighted by Gasteiger charge is -2.05. The average molecular weight is 297 g/mol. The van der Waals surface area contributed by atoms with Crippen molar-refractivity contribution in [1.82, 2.24) is 9.97 Å². The number of anilines is 1. The van der Waals surface area contributed by atoms with Crippen molar-refractivity contribution in [1.29, 1.82) is 0 Å². The molecule has 3 rings (SSSR count). The summed E-state index contributed by atoms with van der Waals surface area (Å²) in [6.45, 7) is 6.39. The zero-order chi connectivity index (χ0) is 15.0. The van der Waals surface area contributed by atoms with Crippen molar-refractivity contribution in [2.75, 3.05) is 5.73 Å². The van der Waals surface area contributed by atoms with E-state index in [2.05, 4.69) is 55.0 Å². The summed E-state index contributed by atoms with van der Waals surface area (Å²) in [5.41, 5.74) is 9.92. The first kappa shape index (κ1) is 14.0. The van der Waals surface area contributed by atoms with Crippen LogP contribution in [0.4, 0.5) is 5.82 Å². The van der Waals surface area contributed by atoms with Crippen LogP contribution >= 0.6 is 11.3 Å². The number of rotatable bonds is 3. The molecule has 0 unspecified atom stereocenters. The number of benzene rings is 1. The molecule has 0 aliphatic heterocycles. The minimum Gasteiger partial charge on any atom is -0.383 e. The second-order valence-electron chi connectivity index (χ2n) is 5.41. The van der Waals surface area contributed by atoms with E-state index in [1.54, 1.807) is 11.3 Å². The number of nitrogens with two attached hydrogens (primary N) is 1. The highest BCUT2D eigenvalue weighted by molar-refractivity contribution is 7.18. The lowest BCUT2D eigenvalue weighted by atomic mass is 10.0. The largest absolute Gasteiger partial charge is 0.383 e. The number of nitrogen functional groups attached to an aromatic ring is 1. The maximum Gasteiger partial charge on any atom is 0.136 e.